The van der Waals surface area contributed by atoms with E-state index in [1.54, 1.807) is 16.5 Å². The van der Waals surface area contributed by atoms with Gasteiger partial charge in [0, 0.05) is 24.5 Å². The van der Waals surface area contributed by atoms with Crippen molar-refractivity contribution < 1.29 is 4.79 Å². The summed E-state index contributed by atoms with van der Waals surface area (Å²) in [6.45, 7) is 0.489. The first-order chi connectivity index (χ1) is 10.1. The summed E-state index contributed by atoms with van der Waals surface area (Å²) in [5.74, 6) is -0.163. The fraction of sp³-hybridized carbons (Fsp3) is 0.333. The molecule has 1 saturated carbocycles. The maximum absolute atomic E-state index is 12.0. The molecule has 6 heteroatoms. The highest BCUT2D eigenvalue weighted by Gasteiger charge is 2.39. The smallest absolute Gasteiger partial charge is 0.271 e. The molecule has 1 aromatic carbocycles. The van der Waals surface area contributed by atoms with Crippen molar-refractivity contribution in [2.24, 2.45) is 5.73 Å². The van der Waals surface area contributed by atoms with Crippen LogP contribution >= 0.6 is 11.9 Å². The Labute approximate surface area is 128 Å². The molecule has 21 heavy (non-hydrogen) atoms. The van der Waals surface area contributed by atoms with Crippen LogP contribution in [0.3, 0.4) is 0 Å². The molecule has 3 N–H and O–H groups in total. The Balaban J connectivity index is 1.58. The lowest BCUT2D eigenvalue weighted by Gasteiger charge is -2.10. The first-order valence-corrected chi connectivity index (χ1v) is 8.04. The van der Waals surface area contributed by atoms with Crippen molar-refractivity contribution >= 4 is 17.9 Å². The van der Waals surface area contributed by atoms with Gasteiger partial charge in [0.1, 0.15) is 12.0 Å². The second-order valence-electron chi connectivity index (χ2n) is 5.34. The van der Waals surface area contributed by atoms with Gasteiger partial charge in [-0.15, -0.1) is 0 Å². The third-order valence-corrected chi connectivity index (χ3v) is 4.40. The summed E-state index contributed by atoms with van der Waals surface area (Å²) in [4.78, 5) is 16.0. The molecule has 0 aliphatic heterocycles. The molecule has 0 unspecified atom stereocenters. The SMILES string of the molecule is CSn1cnc(C(=O)NCc2ccc(C3(N)CC3)cc2)c1. The highest BCUT2D eigenvalue weighted by Crippen LogP contribution is 2.42. The summed E-state index contributed by atoms with van der Waals surface area (Å²) < 4.78 is 1.79. The van der Waals surface area contributed by atoms with Crippen LogP contribution in [0.5, 0.6) is 0 Å². The number of nitrogens with zero attached hydrogens (tertiary/aromatic N) is 2. The number of benzene rings is 1. The van der Waals surface area contributed by atoms with Crippen molar-refractivity contribution in [3.63, 3.8) is 0 Å². The number of carbonyl (C=O) groups is 1. The lowest BCUT2D eigenvalue weighted by atomic mass is 10.0. The van der Waals surface area contributed by atoms with Crippen molar-refractivity contribution in [1.82, 2.24) is 14.3 Å². The third kappa shape index (κ3) is 3.11. The van der Waals surface area contributed by atoms with Crippen LogP contribution in [0.25, 0.3) is 0 Å². The van der Waals surface area contributed by atoms with E-state index < -0.39 is 0 Å². The number of nitrogens with two attached hydrogens (primary N) is 1. The van der Waals surface area contributed by atoms with Crippen LogP contribution in [0.2, 0.25) is 0 Å². The number of aromatic nitrogens is 2. The Morgan fingerprint density at radius 1 is 1.43 bits per heavy atom. The van der Waals surface area contributed by atoms with Crippen LogP contribution in [0, 0.1) is 0 Å². The predicted octanol–water partition coefficient (Wildman–Crippen LogP) is 1.89. The van der Waals surface area contributed by atoms with E-state index in [4.69, 9.17) is 5.73 Å². The van der Waals surface area contributed by atoms with Crippen molar-refractivity contribution in [1.29, 1.82) is 0 Å². The number of nitrogens with one attached hydrogen (secondary N) is 1. The highest BCUT2D eigenvalue weighted by molar-refractivity contribution is 7.97. The van der Waals surface area contributed by atoms with Crippen molar-refractivity contribution in [3.05, 3.63) is 53.6 Å². The Morgan fingerprint density at radius 2 is 2.14 bits per heavy atom. The topological polar surface area (TPSA) is 72.9 Å². The fourth-order valence-electron chi connectivity index (χ4n) is 2.17. The lowest BCUT2D eigenvalue weighted by Crippen LogP contribution is -2.23. The maximum Gasteiger partial charge on any atom is 0.271 e. The molecule has 0 bridgehead atoms. The minimum Gasteiger partial charge on any atom is -0.347 e. The number of hydrogen-bond acceptors (Lipinski definition) is 4. The van der Waals surface area contributed by atoms with Crippen LogP contribution in [0.4, 0.5) is 0 Å². The quantitative estimate of drug-likeness (QED) is 0.884. The minimum absolute atomic E-state index is 0.105. The van der Waals surface area contributed by atoms with Gasteiger partial charge in [-0.2, -0.15) is 0 Å². The van der Waals surface area contributed by atoms with Gasteiger partial charge in [-0.3, -0.25) is 8.77 Å². The predicted molar refractivity (Wildman–Crippen MR) is 83.9 cm³/mol. The van der Waals surface area contributed by atoms with E-state index in [9.17, 15) is 4.79 Å². The van der Waals surface area contributed by atoms with Gasteiger partial charge in [-0.05, 0) is 35.9 Å². The zero-order valence-corrected chi connectivity index (χ0v) is 12.7. The van der Waals surface area contributed by atoms with Gasteiger partial charge in [-0.25, -0.2) is 4.98 Å². The van der Waals surface area contributed by atoms with E-state index in [2.05, 4.69) is 22.4 Å². The molecule has 0 atom stereocenters. The zero-order chi connectivity index (χ0) is 14.9. The normalized spacial score (nSPS) is 15.7. The second-order valence-corrected chi connectivity index (χ2v) is 6.12. The van der Waals surface area contributed by atoms with Crippen molar-refractivity contribution in [2.75, 3.05) is 6.26 Å². The molecule has 1 heterocycles. The summed E-state index contributed by atoms with van der Waals surface area (Å²) in [6.07, 6.45) is 7.39. The van der Waals surface area contributed by atoms with Gasteiger partial charge in [0.15, 0.2) is 0 Å². The van der Waals surface area contributed by atoms with Gasteiger partial charge in [0.05, 0.1) is 0 Å². The molecule has 0 radical (unpaired) electrons. The van der Waals surface area contributed by atoms with Crippen LogP contribution in [0.1, 0.15) is 34.5 Å². The number of imidazole rings is 1. The lowest BCUT2D eigenvalue weighted by molar-refractivity contribution is 0.0946. The van der Waals surface area contributed by atoms with Crippen molar-refractivity contribution in [2.45, 2.75) is 24.9 Å². The molecule has 5 nitrogen and oxygen atoms in total. The third-order valence-electron chi connectivity index (χ3n) is 3.77. The Bertz CT molecular complexity index is 646. The summed E-state index contributed by atoms with van der Waals surface area (Å²) in [5.41, 5.74) is 8.71. The molecule has 1 aromatic heterocycles. The summed E-state index contributed by atoms with van der Waals surface area (Å²) >= 11 is 1.49. The molecule has 0 spiro atoms. The number of hydrogen-bond donors (Lipinski definition) is 2. The van der Waals surface area contributed by atoms with Gasteiger partial charge in [0.25, 0.3) is 5.91 Å². The Hall–Kier alpha value is -1.79. The number of rotatable bonds is 5. The zero-order valence-electron chi connectivity index (χ0n) is 11.9. The van der Waals surface area contributed by atoms with E-state index in [-0.39, 0.29) is 11.4 Å². The van der Waals surface area contributed by atoms with Crippen LogP contribution in [-0.2, 0) is 12.1 Å². The van der Waals surface area contributed by atoms with E-state index in [0.717, 1.165) is 18.4 Å². The molecule has 1 aliphatic carbocycles. The van der Waals surface area contributed by atoms with Crippen LogP contribution in [-0.4, -0.2) is 21.1 Å². The summed E-state index contributed by atoms with van der Waals surface area (Å²) in [6, 6.07) is 8.14. The van der Waals surface area contributed by atoms with Gasteiger partial charge >= 0.3 is 0 Å². The molecule has 0 saturated heterocycles. The average molecular weight is 302 g/mol. The monoisotopic (exact) mass is 302 g/mol. The second kappa shape index (κ2) is 5.54. The average Bonchev–Trinajstić information content (AvgIpc) is 3.08. The van der Waals surface area contributed by atoms with Crippen LogP contribution in [0.15, 0.2) is 36.8 Å². The number of amides is 1. The molecule has 2 aromatic rings. The largest absolute Gasteiger partial charge is 0.347 e. The maximum atomic E-state index is 12.0. The van der Waals surface area contributed by atoms with E-state index in [0.29, 0.717) is 12.2 Å². The molecular formula is C15H18N4OS. The van der Waals surface area contributed by atoms with E-state index >= 15 is 0 Å². The molecule has 1 amide bonds. The van der Waals surface area contributed by atoms with Crippen LogP contribution < -0.4 is 11.1 Å². The van der Waals surface area contributed by atoms with E-state index in [1.807, 2.05) is 18.4 Å². The Kier molecular flexibility index (Phi) is 3.73. The molecule has 1 fully saturated rings. The molecule has 3 rings (SSSR count). The van der Waals surface area contributed by atoms with Gasteiger partial charge in [0.2, 0.25) is 0 Å². The fourth-order valence-corrected chi connectivity index (χ4v) is 2.52. The minimum atomic E-state index is -0.163. The number of carbonyl (C=O) groups excluding carboxylic acids is 1. The first kappa shape index (κ1) is 14.2. The van der Waals surface area contributed by atoms with Gasteiger partial charge in [-0.1, -0.05) is 24.3 Å². The molecule has 110 valence electrons. The standard InChI is InChI=1S/C15H18N4OS/c1-21-19-9-13(18-10-19)14(20)17-8-11-2-4-12(5-3-11)15(16)6-7-15/h2-5,9-10H,6-8,16H2,1H3,(H,17,20). The highest BCUT2D eigenvalue weighted by atomic mass is 32.2. The Morgan fingerprint density at radius 3 is 2.71 bits per heavy atom. The summed E-state index contributed by atoms with van der Waals surface area (Å²) in [5, 5.41) is 2.87. The van der Waals surface area contributed by atoms with E-state index in [1.165, 1.54) is 17.5 Å². The first-order valence-electron chi connectivity index (χ1n) is 6.86. The van der Waals surface area contributed by atoms with Gasteiger partial charge < -0.3 is 11.1 Å². The molecular weight excluding hydrogens is 284 g/mol. The summed E-state index contributed by atoms with van der Waals surface area (Å²) in [7, 11) is 0. The van der Waals surface area contributed by atoms with Crippen molar-refractivity contribution in [3.8, 4) is 0 Å². The molecule has 1 aliphatic rings.